The highest BCUT2D eigenvalue weighted by molar-refractivity contribution is 6.05. The van der Waals surface area contributed by atoms with Crippen LogP contribution in [0.15, 0.2) is 30.4 Å². The zero-order valence-corrected chi connectivity index (χ0v) is 9.82. The lowest BCUT2D eigenvalue weighted by Crippen LogP contribution is -2.18. The molecule has 1 rings (SSSR count). The first-order valence-corrected chi connectivity index (χ1v) is 5.03. The van der Waals surface area contributed by atoms with E-state index in [1.54, 1.807) is 0 Å². The lowest BCUT2D eigenvalue weighted by atomic mass is 10.1. The van der Waals surface area contributed by atoms with Gasteiger partial charge in [-0.2, -0.15) is 0 Å². The quantitative estimate of drug-likeness (QED) is 0.668. The fourth-order valence-electron chi connectivity index (χ4n) is 1.22. The number of primary amides is 2. The van der Waals surface area contributed by atoms with Gasteiger partial charge in [0.2, 0.25) is 11.8 Å². The summed E-state index contributed by atoms with van der Waals surface area (Å²) in [4.78, 5) is 33.6. The van der Waals surface area contributed by atoms with Crippen LogP contribution in [0.5, 0.6) is 0 Å². The maximum atomic E-state index is 11.4. The number of rotatable bonds is 4. The third-order valence-corrected chi connectivity index (χ3v) is 2.15. The molecule has 0 unspecified atom stereocenters. The molecule has 0 aliphatic carbocycles. The molecule has 0 spiro atoms. The lowest BCUT2D eigenvalue weighted by Gasteiger charge is -2.08. The van der Waals surface area contributed by atoms with Gasteiger partial charge >= 0.3 is 0 Å². The van der Waals surface area contributed by atoms with Gasteiger partial charge in [0.1, 0.15) is 0 Å². The number of hydrogen-bond acceptors (Lipinski definition) is 3. The summed E-state index contributed by atoms with van der Waals surface area (Å²) in [7, 11) is 0. The topological polar surface area (TPSA) is 115 Å². The van der Waals surface area contributed by atoms with Gasteiger partial charge in [0, 0.05) is 22.4 Å². The first-order valence-electron chi connectivity index (χ1n) is 5.03. The minimum absolute atomic E-state index is 0.0864. The summed E-state index contributed by atoms with van der Waals surface area (Å²) in [5.74, 6) is -1.86. The zero-order valence-electron chi connectivity index (χ0n) is 9.82. The number of benzene rings is 1. The molecule has 0 fully saturated rings. The standard InChI is InChI=1S/C12H13N3O3/c1-6(2)12(18)15-9-4-7(10(13)16)3-8(5-9)11(14)17/h3-5H,1H2,2H3,(H2,13,16)(H2,14,17)(H,15,18). The van der Waals surface area contributed by atoms with Gasteiger partial charge in [0.25, 0.3) is 5.91 Å². The van der Waals surface area contributed by atoms with Gasteiger partial charge in [-0.05, 0) is 25.1 Å². The smallest absolute Gasteiger partial charge is 0.250 e. The second-order valence-corrected chi connectivity index (χ2v) is 3.76. The van der Waals surface area contributed by atoms with Crippen LogP contribution >= 0.6 is 0 Å². The van der Waals surface area contributed by atoms with Crippen LogP contribution in [0.1, 0.15) is 27.6 Å². The molecule has 0 heterocycles. The molecule has 6 nitrogen and oxygen atoms in total. The fraction of sp³-hybridized carbons (Fsp3) is 0.0833. The normalized spacial score (nSPS) is 9.61. The predicted molar refractivity (Wildman–Crippen MR) is 66.9 cm³/mol. The Morgan fingerprint density at radius 2 is 1.50 bits per heavy atom. The highest BCUT2D eigenvalue weighted by Gasteiger charge is 2.11. The minimum atomic E-state index is -0.719. The van der Waals surface area contributed by atoms with E-state index >= 15 is 0 Å². The van der Waals surface area contributed by atoms with Crippen molar-refractivity contribution in [3.8, 4) is 0 Å². The molecule has 0 saturated heterocycles. The highest BCUT2D eigenvalue weighted by Crippen LogP contribution is 2.15. The number of nitrogens with one attached hydrogen (secondary N) is 1. The van der Waals surface area contributed by atoms with E-state index in [-0.39, 0.29) is 16.8 Å². The molecule has 0 aliphatic heterocycles. The molecule has 0 aliphatic rings. The molecular formula is C12H13N3O3. The molecule has 0 atom stereocenters. The van der Waals surface area contributed by atoms with E-state index in [2.05, 4.69) is 11.9 Å². The Morgan fingerprint density at radius 3 is 1.83 bits per heavy atom. The lowest BCUT2D eigenvalue weighted by molar-refractivity contribution is -0.112. The Balaban J connectivity index is 3.19. The first-order chi connectivity index (χ1) is 8.31. The van der Waals surface area contributed by atoms with E-state index in [1.807, 2.05) is 0 Å². The van der Waals surface area contributed by atoms with Crippen molar-refractivity contribution < 1.29 is 14.4 Å². The van der Waals surface area contributed by atoms with Gasteiger partial charge in [-0.1, -0.05) is 6.58 Å². The highest BCUT2D eigenvalue weighted by atomic mass is 16.2. The predicted octanol–water partition coefficient (Wildman–Crippen LogP) is 0.399. The SMILES string of the molecule is C=C(C)C(=O)Nc1cc(C(N)=O)cc(C(N)=O)c1. The summed E-state index contributed by atoms with van der Waals surface area (Å²) >= 11 is 0. The van der Waals surface area contributed by atoms with Gasteiger partial charge in [-0.15, -0.1) is 0 Å². The monoisotopic (exact) mass is 247 g/mol. The van der Waals surface area contributed by atoms with E-state index in [9.17, 15) is 14.4 Å². The van der Waals surface area contributed by atoms with Gasteiger partial charge in [-0.25, -0.2) is 0 Å². The van der Waals surface area contributed by atoms with Crippen molar-refractivity contribution in [2.75, 3.05) is 5.32 Å². The molecule has 1 aromatic carbocycles. The van der Waals surface area contributed by atoms with Crippen LogP contribution in [0.25, 0.3) is 0 Å². The number of carbonyl (C=O) groups is 3. The molecule has 0 radical (unpaired) electrons. The third-order valence-electron chi connectivity index (χ3n) is 2.15. The number of carbonyl (C=O) groups excluding carboxylic acids is 3. The van der Waals surface area contributed by atoms with Crippen LogP contribution in [-0.4, -0.2) is 17.7 Å². The Hall–Kier alpha value is -2.63. The maximum absolute atomic E-state index is 11.4. The van der Waals surface area contributed by atoms with E-state index < -0.39 is 17.7 Å². The van der Waals surface area contributed by atoms with E-state index in [4.69, 9.17) is 11.5 Å². The number of amides is 3. The van der Waals surface area contributed by atoms with Gasteiger partial charge in [-0.3, -0.25) is 14.4 Å². The summed E-state index contributed by atoms with van der Waals surface area (Å²) in [5.41, 5.74) is 11.0. The second-order valence-electron chi connectivity index (χ2n) is 3.76. The summed E-state index contributed by atoms with van der Waals surface area (Å²) < 4.78 is 0. The fourth-order valence-corrected chi connectivity index (χ4v) is 1.22. The molecule has 0 bridgehead atoms. The van der Waals surface area contributed by atoms with Gasteiger partial charge < -0.3 is 16.8 Å². The molecule has 18 heavy (non-hydrogen) atoms. The van der Waals surface area contributed by atoms with Crippen molar-refractivity contribution in [2.45, 2.75) is 6.92 Å². The summed E-state index contributed by atoms with van der Waals surface area (Å²) in [6.45, 7) is 5.00. The van der Waals surface area contributed by atoms with E-state index in [0.29, 0.717) is 5.57 Å². The molecule has 6 heteroatoms. The van der Waals surface area contributed by atoms with Crippen LogP contribution in [0.4, 0.5) is 5.69 Å². The second kappa shape index (κ2) is 5.13. The Labute approximate surface area is 104 Å². The summed E-state index contributed by atoms with van der Waals surface area (Å²) in [5, 5.41) is 2.48. The number of nitrogens with two attached hydrogens (primary N) is 2. The molecule has 5 N–H and O–H groups in total. The molecule has 0 saturated carbocycles. The Morgan fingerprint density at radius 1 is 1.06 bits per heavy atom. The van der Waals surface area contributed by atoms with Crippen LogP contribution < -0.4 is 16.8 Å². The number of anilines is 1. The molecule has 0 aromatic heterocycles. The summed E-state index contributed by atoms with van der Waals surface area (Å²) in [6, 6.07) is 3.98. The van der Waals surface area contributed by atoms with Gasteiger partial charge in [0.15, 0.2) is 0 Å². The van der Waals surface area contributed by atoms with Crippen LogP contribution in [-0.2, 0) is 4.79 Å². The summed E-state index contributed by atoms with van der Waals surface area (Å²) in [6.07, 6.45) is 0. The van der Waals surface area contributed by atoms with Crippen molar-refractivity contribution in [1.82, 2.24) is 0 Å². The van der Waals surface area contributed by atoms with Crippen molar-refractivity contribution in [1.29, 1.82) is 0 Å². The van der Waals surface area contributed by atoms with Crippen molar-refractivity contribution in [3.05, 3.63) is 41.5 Å². The van der Waals surface area contributed by atoms with E-state index in [0.717, 1.165) is 0 Å². The van der Waals surface area contributed by atoms with Crippen molar-refractivity contribution >= 4 is 23.4 Å². The number of hydrogen-bond donors (Lipinski definition) is 3. The van der Waals surface area contributed by atoms with Crippen LogP contribution in [0.3, 0.4) is 0 Å². The first kappa shape index (κ1) is 13.4. The molecule has 3 amide bonds. The molecular weight excluding hydrogens is 234 g/mol. The zero-order chi connectivity index (χ0) is 13.9. The molecule has 94 valence electrons. The average Bonchev–Trinajstić information content (AvgIpc) is 2.28. The average molecular weight is 247 g/mol. The maximum Gasteiger partial charge on any atom is 0.250 e. The third kappa shape index (κ3) is 3.18. The van der Waals surface area contributed by atoms with Crippen molar-refractivity contribution in [2.24, 2.45) is 11.5 Å². The minimum Gasteiger partial charge on any atom is -0.366 e. The van der Waals surface area contributed by atoms with Crippen LogP contribution in [0, 0.1) is 0 Å². The Bertz CT molecular complexity index is 517. The van der Waals surface area contributed by atoms with Crippen molar-refractivity contribution in [3.63, 3.8) is 0 Å². The molecule has 1 aromatic rings. The van der Waals surface area contributed by atoms with E-state index in [1.165, 1.54) is 25.1 Å². The largest absolute Gasteiger partial charge is 0.366 e. The van der Waals surface area contributed by atoms with Crippen LogP contribution in [0.2, 0.25) is 0 Å². The Kier molecular flexibility index (Phi) is 3.83. The van der Waals surface area contributed by atoms with Gasteiger partial charge in [0.05, 0.1) is 0 Å².